The van der Waals surface area contributed by atoms with Crippen LogP contribution in [0.1, 0.15) is 35.8 Å². The van der Waals surface area contributed by atoms with Crippen molar-refractivity contribution < 1.29 is 9.90 Å². The fourth-order valence-corrected chi connectivity index (χ4v) is 2.38. The van der Waals surface area contributed by atoms with E-state index in [2.05, 4.69) is 5.10 Å². The number of carbonyl (C=O) groups is 1. The molecule has 0 aliphatic carbocycles. The Hall–Kier alpha value is -1.85. The number of aromatic carboxylic acids is 1. The zero-order valence-electron chi connectivity index (χ0n) is 11.3. The molecule has 0 radical (unpaired) electrons. The normalized spacial score (nSPS) is 10.9. The molecule has 5 nitrogen and oxygen atoms in total. The van der Waals surface area contributed by atoms with Gasteiger partial charge in [0, 0.05) is 21.8 Å². The van der Waals surface area contributed by atoms with Gasteiger partial charge in [-0.1, -0.05) is 37.0 Å². The molecule has 1 aromatic heterocycles. The highest BCUT2D eigenvalue weighted by molar-refractivity contribution is 6.34. The van der Waals surface area contributed by atoms with E-state index in [4.69, 9.17) is 28.3 Å². The van der Waals surface area contributed by atoms with E-state index in [0.29, 0.717) is 21.3 Å². The van der Waals surface area contributed by atoms with Gasteiger partial charge in [-0.05, 0) is 24.1 Å². The lowest BCUT2D eigenvalue weighted by Crippen LogP contribution is -2.25. The number of carboxylic acid groups (broad SMARTS) is 1. The van der Waals surface area contributed by atoms with E-state index >= 15 is 0 Å². The van der Waals surface area contributed by atoms with Crippen LogP contribution < -0.4 is 5.43 Å². The number of aromatic nitrogens is 2. The van der Waals surface area contributed by atoms with Crippen LogP contribution in [-0.2, 0) is 0 Å². The molecule has 0 amide bonds. The van der Waals surface area contributed by atoms with Crippen molar-refractivity contribution in [1.29, 1.82) is 0 Å². The number of nitrogens with zero attached hydrogens (tertiary/aromatic N) is 2. The number of hydrogen-bond acceptors (Lipinski definition) is 3. The van der Waals surface area contributed by atoms with E-state index in [9.17, 15) is 9.59 Å². The van der Waals surface area contributed by atoms with Gasteiger partial charge in [-0.3, -0.25) is 4.79 Å². The molecule has 0 aliphatic heterocycles. The molecular formula is C14H12Cl2N2O3. The number of hydrogen-bond donors (Lipinski definition) is 1. The summed E-state index contributed by atoms with van der Waals surface area (Å²) in [4.78, 5) is 23.2. The molecule has 110 valence electrons. The monoisotopic (exact) mass is 326 g/mol. The molecular weight excluding hydrogens is 315 g/mol. The summed E-state index contributed by atoms with van der Waals surface area (Å²) < 4.78 is 1.30. The van der Waals surface area contributed by atoms with Crippen LogP contribution in [0.2, 0.25) is 10.0 Å². The molecule has 2 aromatic rings. The second-order valence-electron chi connectivity index (χ2n) is 4.79. The van der Waals surface area contributed by atoms with Crippen LogP contribution in [0.5, 0.6) is 0 Å². The maximum Gasteiger partial charge on any atom is 0.360 e. The molecule has 1 heterocycles. The van der Waals surface area contributed by atoms with Crippen molar-refractivity contribution in [2.24, 2.45) is 0 Å². The molecule has 0 bridgehead atoms. The van der Waals surface area contributed by atoms with Crippen LogP contribution in [0.25, 0.3) is 5.69 Å². The van der Waals surface area contributed by atoms with E-state index in [0.717, 1.165) is 0 Å². The van der Waals surface area contributed by atoms with Gasteiger partial charge in [0.2, 0.25) is 11.1 Å². The van der Waals surface area contributed by atoms with E-state index in [-0.39, 0.29) is 5.92 Å². The minimum absolute atomic E-state index is 0.139. The molecule has 21 heavy (non-hydrogen) atoms. The van der Waals surface area contributed by atoms with Crippen molar-refractivity contribution in [3.63, 3.8) is 0 Å². The third-order valence-corrected chi connectivity index (χ3v) is 3.32. The molecule has 0 spiro atoms. The van der Waals surface area contributed by atoms with Gasteiger partial charge in [0.15, 0.2) is 0 Å². The molecule has 2 rings (SSSR count). The van der Waals surface area contributed by atoms with E-state index < -0.39 is 17.1 Å². The van der Waals surface area contributed by atoms with Crippen LogP contribution in [-0.4, -0.2) is 20.9 Å². The Morgan fingerprint density at radius 3 is 2.29 bits per heavy atom. The first-order chi connectivity index (χ1) is 9.79. The summed E-state index contributed by atoms with van der Waals surface area (Å²) in [5, 5.41) is 13.8. The van der Waals surface area contributed by atoms with Crippen LogP contribution in [0.4, 0.5) is 0 Å². The topological polar surface area (TPSA) is 72.2 Å². The predicted molar refractivity (Wildman–Crippen MR) is 80.9 cm³/mol. The minimum atomic E-state index is -1.37. The molecule has 0 aliphatic rings. The van der Waals surface area contributed by atoms with Crippen molar-refractivity contribution in [3.8, 4) is 5.69 Å². The van der Waals surface area contributed by atoms with Gasteiger partial charge in [-0.15, -0.1) is 0 Å². The fraction of sp³-hybridized carbons (Fsp3) is 0.214. The van der Waals surface area contributed by atoms with Crippen molar-refractivity contribution >= 4 is 29.2 Å². The molecule has 1 aromatic carbocycles. The van der Waals surface area contributed by atoms with Crippen LogP contribution in [0.3, 0.4) is 0 Å². The van der Waals surface area contributed by atoms with Gasteiger partial charge in [0.05, 0.1) is 5.69 Å². The first kappa shape index (κ1) is 15.5. The van der Waals surface area contributed by atoms with Crippen molar-refractivity contribution in [2.75, 3.05) is 0 Å². The molecule has 0 atom stereocenters. The maximum atomic E-state index is 12.1. The molecule has 0 fully saturated rings. The van der Waals surface area contributed by atoms with Gasteiger partial charge in [-0.25, -0.2) is 9.48 Å². The smallest absolute Gasteiger partial charge is 0.360 e. The van der Waals surface area contributed by atoms with Crippen LogP contribution in [0, 0.1) is 0 Å². The third kappa shape index (κ3) is 3.25. The van der Waals surface area contributed by atoms with E-state index in [1.54, 1.807) is 32.0 Å². The first-order valence-electron chi connectivity index (χ1n) is 6.13. The molecule has 0 saturated heterocycles. The quantitative estimate of drug-likeness (QED) is 0.938. The van der Waals surface area contributed by atoms with Gasteiger partial charge >= 0.3 is 5.97 Å². The zero-order valence-corrected chi connectivity index (χ0v) is 12.8. The standard InChI is InChI=1S/C14H12Cl2N2O3/c1-7(2)11-6-18(17-12(13(11)19)14(20)21)10-4-8(15)3-9(16)5-10/h3-7H,1-2H3,(H,20,21). The van der Waals surface area contributed by atoms with Gasteiger partial charge < -0.3 is 5.11 Å². The highest BCUT2D eigenvalue weighted by Crippen LogP contribution is 2.22. The number of benzene rings is 1. The van der Waals surface area contributed by atoms with Crippen LogP contribution in [0.15, 0.2) is 29.2 Å². The lowest BCUT2D eigenvalue weighted by molar-refractivity contribution is 0.0686. The second-order valence-corrected chi connectivity index (χ2v) is 5.67. The summed E-state index contributed by atoms with van der Waals surface area (Å²) in [6.07, 6.45) is 1.50. The van der Waals surface area contributed by atoms with E-state index in [1.165, 1.54) is 10.9 Å². The highest BCUT2D eigenvalue weighted by atomic mass is 35.5. The first-order valence-corrected chi connectivity index (χ1v) is 6.89. The minimum Gasteiger partial charge on any atom is -0.476 e. The Kier molecular flexibility index (Phi) is 4.34. The summed E-state index contributed by atoms with van der Waals surface area (Å²) in [7, 11) is 0. The summed E-state index contributed by atoms with van der Waals surface area (Å²) >= 11 is 11.9. The largest absolute Gasteiger partial charge is 0.476 e. The fourth-order valence-electron chi connectivity index (χ4n) is 1.86. The maximum absolute atomic E-state index is 12.1. The zero-order chi connectivity index (χ0) is 15.7. The molecule has 0 saturated carbocycles. The predicted octanol–water partition coefficient (Wildman–Crippen LogP) is 3.36. The Labute approximate surface area is 130 Å². The average Bonchev–Trinajstić information content (AvgIpc) is 2.36. The summed E-state index contributed by atoms with van der Waals surface area (Å²) in [5.74, 6) is -1.51. The second kappa shape index (κ2) is 5.87. The Morgan fingerprint density at radius 1 is 1.24 bits per heavy atom. The Bertz CT molecular complexity index is 749. The lowest BCUT2D eigenvalue weighted by atomic mass is 10.0. The Balaban J connectivity index is 2.74. The molecule has 0 unspecified atom stereocenters. The van der Waals surface area contributed by atoms with Crippen molar-refractivity contribution in [2.45, 2.75) is 19.8 Å². The van der Waals surface area contributed by atoms with Gasteiger partial charge in [0.1, 0.15) is 0 Å². The number of rotatable bonds is 3. The molecule has 7 heteroatoms. The van der Waals surface area contributed by atoms with E-state index in [1.807, 2.05) is 0 Å². The number of carboxylic acids is 1. The van der Waals surface area contributed by atoms with Gasteiger partial charge in [0.25, 0.3) is 0 Å². The average molecular weight is 327 g/mol. The van der Waals surface area contributed by atoms with Gasteiger partial charge in [-0.2, -0.15) is 5.10 Å². The highest BCUT2D eigenvalue weighted by Gasteiger charge is 2.18. The molecule has 1 N–H and O–H groups in total. The van der Waals surface area contributed by atoms with Crippen molar-refractivity contribution in [3.05, 3.63) is 55.9 Å². The summed E-state index contributed by atoms with van der Waals surface area (Å²) in [6, 6.07) is 4.72. The SMILES string of the molecule is CC(C)c1cn(-c2cc(Cl)cc(Cl)c2)nc(C(=O)O)c1=O. The summed E-state index contributed by atoms with van der Waals surface area (Å²) in [5.41, 5.74) is -0.269. The lowest BCUT2D eigenvalue weighted by Gasteiger charge is -2.12. The number of halogens is 2. The summed E-state index contributed by atoms with van der Waals surface area (Å²) in [6.45, 7) is 3.61. The Morgan fingerprint density at radius 2 is 1.81 bits per heavy atom. The van der Waals surface area contributed by atoms with Crippen molar-refractivity contribution in [1.82, 2.24) is 9.78 Å². The third-order valence-electron chi connectivity index (χ3n) is 2.88. The van der Waals surface area contributed by atoms with Crippen LogP contribution >= 0.6 is 23.2 Å².